The van der Waals surface area contributed by atoms with E-state index in [4.69, 9.17) is 9.47 Å². The van der Waals surface area contributed by atoms with Crippen LogP contribution in [0.2, 0.25) is 0 Å². The van der Waals surface area contributed by atoms with Crippen molar-refractivity contribution in [2.24, 2.45) is 5.92 Å². The molecule has 3 rings (SSSR count). The molecule has 1 amide bonds. The molecule has 2 N–H and O–H groups in total. The van der Waals surface area contributed by atoms with Crippen molar-refractivity contribution < 1.29 is 22.7 Å². The topological polar surface area (TPSA) is 93.7 Å². The molecular weight excluding hydrogens is 472 g/mol. The van der Waals surface area contributed by atoms with Gasteiger partial charge in [-0.05, 0) is 67.6 Å². The number of halogens is 1. The quantitative estimate of drug-likeness (QED) is 0.461. The van der Waals surface area contributed by atoms with E-state index in [1.807, 2.05) is 0 Å². The first-order valence-electron chi connectivity index (χ1n) is 9.71. The lowest BCUT2D eigenvalue weighted by Gasteiger charge is -2.13. The van der Waals surface area contributed by atoms with Crippen molar-refractivity contribution in [3.8, 4) is 5.75 Å². The smallest absolute Gasteiger partial charge is 0.265 e. The normalized spacial score (nSPS) is 13.7. The number of carbonyl (C=O) groups excluding carboxylic acids is 1. The number of hydrogen-bond donors (Lipinski definition) is 2. The fourth-order valence-electron chi connectivity index (χ4n) is 2.77. The maximum atomic E-state index is 12.9. The molecule has 162 valence electrons. The molecule has 1 saturated carbocycles. The highest BCUT2D eigenvalue weighted by Gasteiger charge is 2.22. The fourth-order valence-corrected chi connectivity index (χ4v) is 4.29. The maximum Gasteiger partial charge on any atom is 0.265 e. The highest BCUT2D eigenvalue weighted by Crippen LogP contribution is 2.29. The van der Waals surface area contributed by atoms with E-state index in [1.54, 1.807) is 24.3 Å². The summed E-state index contributed by atoms with van der Waals surface area (Å²) in [5, 5.41) is 2.79. The first-order valence-corrected chi connectivity index (χ1v) is 12.0. The molecule has 1 aliphatic rings. The first kappa shape index (κ1) is 22.6. The third kappa shape index (κ3) is 6.45. The second-order valence-electron chi connectivity index (χ2n) is 7.11. The summed E-state index contributed by atoms with van der Waals surface area (Å²) >= 11 is 3.31. The zero-order chi connectivity index (χ0) is 21.6. The molecule has 0 bridgehead atoms. The minimum atomic E-state index is -3.95. The van der Waals surface area contributed by atoms with E-state index in [2.05, 4.69) is 26.0 Å². The summed E-state index contributed by atoms with van der Waals surface area (Å²) in [5.41, 5.74) is 0.646. The number of methoxy groups -OCH3 is 1. The number of ether oxygens (including phenoxy) is 2. The largest absolute Gasteiger partial charge is 0.495 e. The third-order valence-electron chi connectivity index (χ3n) is 4.61. The van der Waals surface area contributed by atoms with Crippen LogP contribution >= 0.6 is 15.9 Å². The van der Waals surface area contributed by atoms with Gasteiger partial charge in [0.1, 0.15) is 10.6 Å². The van der Waals surface area contributed by atoms with Crippen LogP contribution in [0.5, 0.6) is 5.75 Å². The molecular formula is C21H25BrN2O5S. The average molecular weight is 497 g/mol. The lowest BCUT2D eigenvalue weighted by Crippen LogP contribution is -2.26. The Morgan fingerprint density at radius 2 is 1.90 bits per heavy atom. The van der Waals surface area contributed by atoms with Crippen LogP contribution in [0.3, 0.4) is 0 Å². The van der Waals surface area contributed by atoms with Gasteiger partial charge >= 0.3 is 0 Å². The van der Waals surface area contributed by atoms with Crippen LogP contribution in [0.25, 0.3) is 0 Å². The van der Waals surface area contributed by atoms with Gasteiger partial charge < -0.3 is 14.8 Å². The van der Waals surface area contributed by atoms with Crippen molar-refractivity contribution in [1.82, 2.24) is 5.32 Å². The van der Waals surface area contributed by atoms with Crippen LogP contribution in [0.4, 0.5) is 5.69 Å². The van der Waals surface area contributed by atoms with Crippen LogP contribution in [0.1, 0.15) is 29.6 Å². The Hall–Kier alpha value is -2.10. The number of anilines is 1. The standard InChI is InChI=1S/C21H25BrN2O5S/c1-28-19-10-5-16(21(25)23-11-2-12-29-14-15-3-4-15)13-20(19)30(26,27)24-18-8-6-17(22)7-9-18/h5-10,13,15,24H,2-4,11-12,14H2,1H3,(H,23,25). The number of nitrogens with one attached hydrogen (secondary N) is 2. The molecule has 2 aromatic carbocycles. The molecule has 30 heavy (non-hydrogen) atoms. The van der Waals surface area contributed by atoms with Gasteiger partial charge in [0, 0.05) is 35.5 Å². The Bertz CT molecular complexity index is 975. The Morgan fingerprint density at radius 3 is 2.57 bits per heavy atom. The summed E-state index contributed by atoms with van der Waals surface area (Å²) in [6.45, 7) is 1.84. The van der Waals surface area contributed by atoms with Gasteiger partial charge in [-0.15, -0.1) is 0 Å². The first-order chi connectivity index (χ1) is 14.4. The third-order valence-corrected chi connectivity index (χ3v) is 6.54. The molecule has 1 aliphatic carbocycles. The van der Waals surface area contributed by atoms with Crippen molar-refractivity contribution >= 4 is 37.5 Å². The fraction of sp³-hybridized carbons (Fsp3) is 0.381. The Labute approximate surface area is 185 Å². The molecule has 0 atom stereocenters. The predicted molar refractivity (Wildman–Crippen MR) is 118 cm³/mol. The summed E-state index contributed by atoms with van der Waals surface area (Å²) < 4.78 is 39.8. The van der Waals surface area contributed by atoms with Gasteiger partial charge in [-0.25, -0.2) is 8.42 Å². The second-order valence-corrected chi connectivity index (χ2v) is 9.67. The predicted octanol–water partition coefficient (Wildman–Crippen LogP) is 3.81. The van der Waals surface area contributed by atoms with Crippen LogP contribution < -0.4 is 14.8 Å². The number of benzene rings is 2. The van der Waals surface area contributed by atoms with Crippen molar-refractivity contribution in [2.75, 3.05) is 31.6 Å². The van der Waals surface area contributed by atoms with Crippen molar-refractivity contribution in [3.63, 3.8) is 0 Å². The van der Waals surface area contributed by atoms with Crippen molar-refractivity contribution in [1.29, 1.82) is 0 Å². The molecule has 2 aromatic rings. The van der Waals surface area contributed by atoms with Gasteiger partial charge in [-0.2, -0.15) is 0 Å². The minimum absolute atomic E-state index is 0.103. The molecule has 0 heterocycles. The number of rotatable bonds is 11. The monoisotopic (exact) mass is 496 g/mol. The zero-order valence-corrected chi connectivity index (χ0v) is 19.1. The molecule has 0 aromatic heterocycles. The summed E-state index contributed by atoms with van der Waals surface area (Å²) in [6.07, 6.45) is 3.19. The van der Waals surface area contributed by atoms with E-state index < -0.39 is 10.0 Å². The van der Waals surface area contributed by atoms with E-state index in [9.17, 15) is 13.2 Å². The van der Waals surface area contributed by atoms with Gasteiger partial charge in [0.25, 0.3) is 15.9 Å². The van der Waals surface area contributed by atoms with Crippen LogP contribution in [-0.2, 0) is 14.8 Å². The van der Waals surface area contributed by atoms with Gasteiger partial charge in [-0.3, -0.25) is 9.52 Å². The zero-order valence-electron chi connectivity index (χ0n) is 16.7. The molecule has 7 nitrogen and oxygen atoms in total. The van der Waals surface area contributed by atoms with E-state index in [0.29, 0.717) is 31.2 Å². The SMILES string of the molecule is COc1ccc(C(=O)NCCCOCC2CC2)cc1S(=O)(=O)Nc1ccc(Br)cc1. The molecule has 0 radical (unpaired) electrons. The van der Waals surface area contributed by atoms with Gasteiger partial charge in [-0.1, -0.05) is 15.9 Å². The lowest BCUT2D eigenvalue weighted by atomic mass is 10.2. The summed E-state index contributed by atoms with van der Waals surface area (Å²) in [7, 11) is -2.57. The van der Waals surface area contributed by atoms with Crippen molar-refractivity contribution in [2.45, 2.75) is 24.2 Å². The van der Waals surface area contributed by atoms with Crippen LogP contribution in [0, 0.1) is 5.92 Å². The number of carbonyl (C=O) groups is 1. The summed E-state index contributed by atoms with van der Waals surface area (Å²) in [6, 6.07) is 11.1. The van der Waals surface area contributed by atoms with Gasteiger partial charge in [0.2, 0.25) is 0 Å². The van der Waals surface area contributed by atoms with E-state index in [1.165, 1.54) is 38.2 Å². The summed E-state index contributed by atoms with van der Waals surface area (Å²) in [5.74, 6) is 0.523. The molecule has 1 fully saturated rings. The van der Waals surface area contributed by atoms with E-state index >= 15 is 0 Å². The van der Waals surface area contributed by atoms with Gasteiger partial charge in [0.05, 0.1) is 7.11 Å². The Balaban J connectivity index is 1.64. The van der Waals surface area contributed by atoms with Crippen molar-refractivity contribution in [3.05, 3.63) is 52.5 Å². The van der Waals surface area contributed by atoms with E-state index in [-0.39, 0.29) is 22.1 Å². The maximum absolute atomic E-state index is 12.9. The highest BCUT2D eigenvalue weighted by molar-refractivity contribution is 9.10. The van der Waals surface area contributed by atoms with Gasteiger partial charge in [0.15, 0.2) is 0 Å². The second kappa shape index (κ2) is 10.3. The molecule has 0 unspecified atom stereocenters. The molecule has 0 saturated heterocycles. The minimum Gasteiger partial charge on any atom is -0.495 e. The number of amides is 1. The Kier molecular flexibility index (Phi) is 7.74. The van der Waals surface area contributed by atoms with Crippen LogP contribution in [-0.4, -0.2) is 41.2 Å². The molecule has 0 spiro atoms. The van der Waals surface area contributed by atoms with E-state index in [0.717, 1.165) is 11.1 Å². The highest BCUT2D eigenvalue weighted by atomic mass is 79.9. The number of hydrogen-bond acceptors (Lipinski definition) is 5. The average Bonchev–Trinajstić information content (AvgIpc) is 3.56. The summed E-state index contributed by atoms with van der Waals surface area (Å²) in [4.78, 5) is 12.4. The number of sulfonamides is 1. The van der Waals surface area contributed by atoms with Crippen LogP contribution in [0.15, 0.2) is 51.8 Å². The Morgan fingerprint density at radius 1 is 1.17 bits per heavy atom. The lowest BCUT2D eigenvalue weighted by molar-refractivity contribution is 0.0937. The molecule has 9 heteroatoms. The molecule has 0 aliphatic heterocycles.